The van der Waals surface area contributed by atoms with Crippen molar-refractivity contribution in [1.29, 1.82) is 0 Å². The van der Waals surface area contributed by atoms with E-state index in [0.29, 0.717) is 0 Å². The Kier molecular flexibility index (Phi) is 19.8. The summed E-state index contributed by atoms with van der Waals surface area (Å²) in [6.07, 6.45) is 9.02. The molecule has 0 atom stereocenters. The summed E-state index contributed by atoms with van der Waals surface area (Å²) in [5.74, 6) is 1.61. The summed E-state index contributed by atoms with van der Waals surface area (Å²) in [6, 6.07) is 66.4. The molecule has 0 radical (unpaired) electrons. The van der Waals surface area contributed by atoms with Crippen LogP contribution in [0.25, 0.3) is 60.9 Å². The molecular formula is C71H83N. The first-order valence-corrected chi connectivity index (χ1v) is 27.0. The number of aryl methyl sites for hydroxylation is 4. The Morgan fingerprint density at radius 1 is 0.528 bits per heavy atom. The molecule has 1 nitrogen and oxygen atoms in total. The number of fused-ring (bicyclic) bond motifs is 6. The smallest absolute Gasteiger partial charge is 0.0544 e. The Hall–Kier alpha value is -6.70. The highest BCUT2D eigenvalue weighted by Crippen LogP contribution is 2.51. The molecule has 2 aliphatic carbocycles. The van der Waals surface area contributed by atoms with Crippen molar-refractivity contribution < 1.29 is 0 Å². The van der Waals surface area contributed by atoms with Crippen LogP contribution >= 0.6 is 0 Å². The fourth-order valence-electron chi connectivity index (χ4n) is 9.77. The average molecular weight is 950 g/mol. The summed E-state index contributed by atoms with van der Waals surface area (Å²) in [6.45, 7) is 30.4. The van der Waals surface area contributed by atoms with Crippen molar-refractivity contribution >= 4 is 21.8 Å². The van der Waals surface area contributed by atoms with Crippen molar-refractivity contribution in [2.24, 2.45) is 5.92 Å². The van der Waals surface area contributed by atoms with E-state index in [1.807, 2.05) is 18.2 Å². The molecular weight excluding hydrogens is 867 g/mol. The molecule has 9 aromatic rings. The molecule has 0 amide bonds. The summed E-state index contributed by atoms with van der Waals surface area (Å²) < 4.78 is 2.45. The van der Waals surface area contributed by atoms with E-state index in [-0.39, 0.29) is 5.41 Å². The standard InChI is InChI=1S/C29H25N.C24H24.C7H8.C5H12.C4H10.C2H4/c1-4-19-10-9-11-20(16-19)30-27-15-8-6-13-22(27)24-17-23-21-12-5-7-14-25(21)29(2,3)26(23)18-28(24)30;1-17-14-15-21(18(2)16-17)24-22(19-8-4-3-5-9-19)12-7-13-23(24)20-10-6-11-20;1-7-5-3-2-4-6-7;1-4-5(2)3;1-3-4-2;1-2/h5-18H,4H2,1-3H3;3-5,7-9,12-16,20H,6,10-11H2,1-2H3;2-6H,1H3;5H,4H2,1-3H3;3-4H2,1-2H3;1-2H2. The van der Waals surface area contributed by atoms with E-state index in [4.69, 9.17) is 0 Å². The van der Waals surface area contributed by atoms with Gasteiger partial charge in [-0.15, -0.1) is 13.2 Å². The van der Waals surface area contributed by atoms with Crippen LogP contribution in [0.5, 0.6) is 0 Å². The minimum atomic E-state index is 0.00662. The number of hydrogen-bond donors (Lipinski definition) is 0. The molecule has 1 heterocycles. The van der Waals surface area contributed by atoms with Gasteiger partial charge >= 0.3 is 0 Å². The zero-order chi connectivity index (χ0) is 51.8. The predicted octanol–water partition coefficient (Wildman–Crippen LogP) is 21.2. The molecule has 1 aromatic heterocycles. The minimum absolute atomic E-state index is 0.00662. The second-order valence-corrected chi connectivity index (χ2v) is 20.5. The zero-order valence-electron chi connectivity index (χ0n) is 45.8. The Balaban J connectivity index is 0.000000178. The van der Waals surface area contributed by atoms with Crippen LogP contribution in [0.1, 0.15) is 139 Å². The number of hydrogen-bond acceptors (Lipinski definition) is 0. The average Bonchev–Trinajstić information content (AvgIpc) is 3.84. The molecule has 0 unspecified atom stereocenters. The third-order valence-corrected chi connectivity index (χ3v) is 14.6. The number of unbranched alkanes of at least 4 members (excludes halogenated alkanes) is 1. The molecule has 8 aromatic carbocycles. The largest absolute Gasteiger partial charge is 0.309 e. The summed E-state index contributed by atoms with van der Waals surface area (Å²) in [5, 5.41) is 2.65. The minimum Gasteiger partial charge on any atom is -0.309 e. The Morgan fingerprint density at radius 2 is 1.14 bits per heavy atom. The maximum atomic E-state index is 3.00. The fourth-order valence-corrected chi connectivity index (χ4v) is 9.77. The summed E-state index contributed by atoms with van der Waals surface area (Å²) in [5.41, 5.74) is 21.9. The molecule has 0 saturated heterocycles. The van der Waals surface area contributed by atoms with E-state index in [9.17, 15) is 0 Å². The van der Waals surface area contributed by atoms with Crippen LogP contribution < -0.4 is 0 Å². The van der Waals surface area contributed by atoms with Gasteiger partial charge in [0, 0.05) is 21.9 Å². The third-order valence-electron chi connectivity index (χ3n) is 14.6. The maximum Gasteiger partial charge on any atom is 0.0544 e. The van der Waals surface area contributed by atoms with E-state index >= 15 is 0 Å². The molecule has 0 spiro atoms. The lowest BCUT2D eigenvalue weighted by atomic mass is 9.75. The molecule has 0 N–H and O–H groups in total. The summed E-state index contributed by atoms with van der Waals surface area (Å²) in [4.78, 5) is 0. The fraction of sp³-hybridized carbons (Fsp3) is 0.296. The topological polar surface area (TPSA) is 4.93 Å². The lowest BCUT2D eigenvalue weighted by molar-refractivity contribution is 0.420. The van der Waals surface area contributed by atoms with Gasteiger partial charge in [0.2, 0.25) is 0 Å². The van der Waals surface area contributed by atoms with Crippen molar-refractivity contribution in [3.8, 4) is 39.1 Å². The van der Waals surface area contributed by atoms with Gasteiger partial charge in [-0.05, 0) is 143 Å². The van der Waals surface area contributed by atoms with Crippen molar-refractivity contribution in [3.05, 3.63) is 234 Å². The molecule has 1 heteroatoms. The van der Waals surface area contributed by atoms with Gasteiger partial charge in [-0.1, -0.05) is 244 Å². The highest BCUT2D eigenvalue weighted by atomic mass is 15.0. The molecule has 1 fully saturated rings. The van der Waals surface area contributed by atoms with Crippen LogP contribution in [0, 0.1) is 26.7 Å². The van der Waals surface area contributed by atoms with Crippen molar-refractivity contribution in [2.45, 2.75) is 132 Å². The van der Waals surface area contributed by atoms with Crippen LogP contribution in [0.2, 0.25) is 0 Å². The molecule has 0 aliphatic heterocycles. The van der Waals surface area contributed by atoms with Crippen LogP contribution in [0.3, 0.4) is 0 Å². The Morgan fingerprint density at radius 3 is 1.74 bits per heavy atom. The first kappa shape index (κ1) is 54.6. The van der Waals surface area contributed by atoms with E-state index in [0.717, 1.165) is 18.3 Å². The zero-order valence-corrected chi connectivity index (χ0v) is 45.8. The number of para-hydroxylation sites is 1. The third kappa shape index (κ3) is 12.7. The molecule has 11 rings (SSSR count). The molecule has 72 heavy (non-hydrogen) atoms. The summed E-state index contributed by atoms with van der Waals surface area (Å²) in [7, 11) is 0. The molecule has 0 bridgehead atoms. The van der Waals surface area contributed by atoms with Gasteiger partial charge in [0.05, 0.1) is 11.0 Å². The highest BCUT2D eigenvalue weighted by molar-refractivity contribution is 6.11. The van der Waals surface area contributed by atoms with E-state index in [1.54, 1.807) is 0 Å². The second-order valence-electron chi connectivity index (χ2n) is 20.5. The quantitative estimate of drug-likeness (QED) is 0.140. The number of rotatable bonds is 7. The van der Waals surface area contributed by atoms with Gasteiger partial charge in [0.25, 0.3) is 0 Å². The first-order chi connectivity index (χ1) is 34.9. The van der Waals surface area contributed by atoms with Gasteiger partial charge in [0.15, 0.2) is 0 Å². The number of benzene rings is 8. The normalized spacial score (nSPS) is 12.7. The Labute approximate surface area is 435 Å². The summed E-state index contributed by atoms with van der Waals surface area (Å²) >= 11 is 0. The second kappa shape index (κ2) is 26.1. The van der Waals surface area contributed by atoms with E-state index in [2.05, 4.69) is 258 Å². The Bertz CT molecular complexity index is 3100. The molecule has 372 valence electrons. The van der Waals surface area contributed by atoms with Crippen molar-refractivity contribution in [2.75, 3.05) is 0 Å². The van der Waals surface area contributed by atoms with E-state index < -0.39 is 0 Å². The SMILES string of the molecule is C=C.CCC(C)C.CCCC.CCc1cccc(-n2c3ccccc3c3cc4c(cc32)C(C)(C)c2ccccc2-4)c1.Cc1ccc(-c2c(-c3ccccc3)cccc2C2CCC2)c(C)c1.Cc1ccccc1. The van der Waals surface area contributed by atoms with Gasteiger partial charge in [-0.3, -0.25) is 0 Å². The maximum absolute atomic E-state index is 3.00. The number of aromatic nitrogens is 1. The van der Waals surface area contributed by atoms with Crippen LogP contribution in [-0.2, 0) is 11.8 Å². The van der Waals surface area contributed by atoms with Gasteiger partial charge in [-0.25, -0.2) is 0 Å². The van der Waals surface area contributed by atoms with Crippen molar-refractivity contribution in [1.82, 2.24) is 4.57 Å². The van der Waals surface area contributed by atoms with Gasteiger partial charge in [0.1, 0.15) is 0 Å². The number of nitrogens with zero attached hydrogens (tertiary/aromatic N) is 1. The first-order valence-electron chi connectivity index (χ1n) is 27.0. The van der Waals surface area contributed by atoms with Crippen LogP contribution in [-0.4, -0.2) is 4.57 Å². The van der Waals surface area contributed by atoms with E-state index in [1.165, 1.54) is 138 Å². The predicted molar refractivity (Wildman–Crippen MR) is 319 cm³/mol. The molecule has 2 aliphatic rings. The van der Waals surface area contributed by atoms with Gasteiger partial charge in [-0.2, -0.15) is 0 Å². The van der Waals surface area contributed by atoms with Crippen LogP contribution in [0.4, 0.5) is 0 Å². The highest BCUT2D eigenvalue weighted by Gasteiger charge is 2.36. The van der Waals surface area contributed by atoms with Crippen LogP contribution in [0.15, 0.2) is 195 Å². The lowest BCUT2D eigenvalue weighted by Crippen LogP contribution is -2.14. The van der Waals surface area contributed by atoms with Gasteiger partial charge < -0.3 is 4.57 Å². The monoisotopic (exact) mass is 950 g/mol. The molecule has 1 saturated carbocycles. The lowest BCUT2D eigenvalue weighted by Gasteiger charge is -2.30. The van der Waals surface area contributed by atoms with Crippen molar-refractivity contribution in [3.63, 3.8) is 0 Å².